The van der Waals surface area contributed by atoms with E-state index in [1.807, 2.05) is 0 Å². The first-order chi connectivity index (χ1) is 12.7. The van der Waals surface area contributed by atoms with E-state index >= 15 is 0 Å². The number of carbonyl (C=O) groups is 5. The van der Waals surface area contributed by atoms with Crippen molar-refractivity contribution >= 4 is 29.5 Å². The first-order valence-electron chi connectivity index (χ1n) is 8.27. The van der Waals surface area contributed by atoms with E-state index in [-0.39, 0.29) is 57.0 Å². The maximum Gasteiger partial charge on any atom is 1.00 e. The molecule has 0 aliphatic heterocycles. The molecule has 1 rings (SSSR count). The van der Waals surface area contributed by atoms with Gasteiger partial charge in [0.15, 0.2) is 5.78 Å². The Hall–Kier alpha value is -2.04. The summed E-state index contributed by atoms with van der Waals surface area (Å²) in [6.45, 7) is 1.23. The quantitative estimate of drug-likeness (QED) is 0.281. The van der Waals surface area contributed by atoms with Crippen molar-refractivity contribution < 1.29 is 71.9 Å². The summed E-state index contributed by atoms with van der Waals surface area (Å²) in [5.74, 6) is -5.77. The fourth-order valence-electron chi connectivity index (χ4n) is 2.39. The van der Waals surface area contributed by atoms with Crippen LogP contribution in [0.5, 0.6) is 0 Å². The summed E-state index contributed by atoms with van der Waals surface area (Å²) < 4.78 is 0. The van der Waals surface area contributed by atoms with Gasteiger partial charge < -0.3 is 30.4 Å². The molecule has 9 nitrogen and oxygen atoms in total. The van der Waals surface area contributed by atoms with Gasteiger partial charge in [0.05, 0.1) is 12.0 Å². The molecule has 2 amide bonds. The molecule has 11 heteroatoms. The van der Waals surface area contributed by atoms with E-state index in [2.05, 4.69) is 10.6 Å². The van der Waals surface area contributed by atoms with Gasteiger partial charge in [0, 0.05) is 19.8 Å². The Labute approximate surface area is 192 Å². The summed E-state index contributed by atoms with van der Waals surface area (Å²) in [5.41, 5.74) is 0.760. The number of carboxylic acid groups (broad SMARTS) is 2. The first kappa shape index (κ1) is 29.2. The number of amides is 2. The van der Waals surface area contributed by atoms with Crippen LogP contribution in [0.25, 0.3) is 0 Å². The molecule has 1 aromatic carbocycles. The van der Waals surface area contributed by atoms with Gasteiger partial charge in [-0.3, -0.25) is 14.4 Å². The van der Waals surface area contributed by atoms with E-state index in [0.29, 0.717) is 0 Å². The summed E-state index contributed by atoms with van der Waals surface area (Å²) in [7, 11) is 0. The molecule has 146 valence electrons. The molecule has 0 unspecified atom stereocenters. The number of rotatable bonds is 11. The zero-order valence-electron chi connectivity index (χ0n) is 16.7. The van der Waals surface area contributed by atoms with Gasteiger partial charge in [-0.15, -0.1) is 0 Å². The zero-order chi connectivity index (χ0) is 20.4. The number of nitrogens with one attached hydrogen (secondary N) is 2. The van der Waals surface area contributed by atoms with Crippen molar-refractivity contribution in [2.24, 2.45) is 0 Å². The molecule has 0 heterocycles. The normalized spacial score (nSPS) is 11.6. The minimum atomic E-state index is -1.85. The van der Waals surface area contributed by atoms with Crippen LogP contribution < -0.4 is 58.6 Å². The maximum atomic E-state index is 12.4. The second-order valence-electron chi connectivity index (χ2n) is 5.93. The molecule has 2 atom stereocenters. The van der Waals surface area contributed by atoms with Gasteiger partial charge in [0.2, 0.25) is 11.8 Å². The molecular weight excluding hydrogens is 370 g/mol. The van der Waals surface area contributed by atoms with Gasteiger partial charge in [-0.2, -0.15) is 0 Å². The summed E-state index contributed by atoms with van der Waals surface area (Å²) >= 11 is 0. The van der Waals surface area contributed by atoms with E-state index in [0.717, 1.165) is 5.56 Å². The second-order valence-corrected chi connectivity index (χ2v) is 5.93. The van der Waals surface area contributed by atoms with Gasteiger partial charge in [-0.1, -0.05) is 30.3 Å². The Morgan fingerprint density at radius 2 is 1.52 bits per heavy atom. The third kappa shape index (κ3) is 11.5. The molecule has 0 saturated heterocycles. The van der Waals surface area contributed by atoms with Crippen molar-refractivity contribution in [2.45, 2.75) is 44.7 Å². The van der Waals surface area contributed by atoms with E-state index in [4.69, 9.17) is 0 Å². The van der Waals surface area contributed by atoms with Gasteiger partial charge in [-0.05, 0) is 18.4 Å². The Balaban J connectivity index is 0. The first-order valence-corrected chi connectivity index (χ1v) is 8.27. The summed E-state index contributed by atoms with van der Waals surface area (Å²) in [4.78, 5) is 56.3. The summed E-state index contributed by atoms with van der Waals surface area (Å²) in [6, 6.07) is 6.38. The van der Waals surface area contributed by atoms with E-state index in [1.54, 1.807) is 30.3 Å². The molecule has 1 aromatic rings. The van der Waals surface area contributed by atoms with E-state index in [1.165, 1.54) is 6.92 Å². The van der Waals surface area contributed by atoms with Crippen LogP contribution in [0, 0.1) is 0 Å². The molecule has 0 radical (unpaired) electrons. The number of carbonyl (C=O) groups excluding carboxylic acids is 5. The van der Waals surface area contributed by atoms with Gasteiger partial charge in [-0.25, -0.2) is 0 Å². The zero-order valence-corrected chi connectivity index (χ0v) is 16.7. The number of ketones is 1. The Bertz CT molecular complexity index is 713. The third-order valence-electron chi connectivity index (χ3n) is 3.70. The van der Waals surface area contributed by atoms with Crippen LogP contribution in [0.3, 0.4) is 0 Å². The molecule has 0 fully saturated rings. The number of carboxylic acids is 2. The molecule has 0 aromatic heterocycles. The third-order valence-corrected chi connectivity index (χ3v) is 3.70. The molecule has 2 N–H and O–H groups in total. The number of benzene rings is 1. The standard InChI is InChI=1S/C18H22N2O7.2Li/c1-11(21)19-14(10-12-6-3-2-4-7-12)16(23)20-13(17(24)25)8-5-9-15(22)18(26)27;;/h2-4,6-7,13-14H,5,8-10H2,1H3,(H,19,21)(H,20,23)(H,24,25)(H,26,27);;/q;2*+1/p-2/t13-,14-;;/m0../s1. The molecule has 0 spiro atoms. The van der Waals surface area contributed by atoms with Crippen molar-refractivity contribution in [1.82, 2.24) is 10.6 Å². The van der Waals surface area contributed by atoms with E-state index < -0.39 is 48.0 Å². The van der Waals surface area contributed by atoms with Crippen LogP contribution >= 0.6 is 0 Å². The number of Topliss-reactive ketones (excluding diaryl/α,β-unsaturated/α-hetero) is 1. The molecular formula is C18H20Li2N2O7. The SMILES string of the molecule is CC(=O)N[C@@H](Cc1ccccc1)C(=O)N[C@@H](CCCC(=O)C(=O)[O-])C(=O)[O-].[Li+].[Li+]. The number of hydrogen-bond donors (Lipinski definition) is 2. The predicted molar refractivity (Wildman–Crippen MR) is 88.6 cm³/mol. The average molecular weight is 390 g/mol. The molecule has 29 heavy (non-hydrogen) atoms. The van der Waals surface area contributed by atoms with Crippen LogP contribution in [0.4, 0.5) is 0 Å². The fourth-order valence-corrected chi connectivity index (χ4v) is 2.39. The van der Waals surface area contributed by atoms with Gasteiger partial charge >= 0.3 is 37.7 Å². The average Bonchev–Trinajstić information content (AvgIpc) is 2.60. The van der Waals surface area contributed by atoms with Crippen molar-refractivity contribution in [2.75, 3.05) is 0 Å². The van der Waals surface area contributed by atoms with Crippen molar-refractivity contribution in [3.63, 3.8) is 0 Å². The maximum absolute atomic E-state index is 12.4. The van der Waals surface area contributed by atoms with Crippen LogP contribution in [0.1, 0.15) is 31.7 Å². The topological polar surface area (TPSA) is 156 Å². The fraction of sp³-hybridized carbons (Fsp3) is 0.389. The minimum absolute atomic E-state index is 0. The number of aliphatic carboxylic acids is 2. The predicted octanol–water partition coefficient (Wildman–Crippen LogP) is -8.53. The molecule has 0 aliphatic rings. The van der Waals surface area contributed by atoms with Gasteiger partial charge in [0.25, 0.3) is 0 Å². The molecule has 0 aliphatic carbocycles. The summed E-state index contributed by atoms with van der Waals surface area (Å²) in [5, 5.41) is 26.3. The second kappa shape index (κ2) is 14.9. The van der Waals surface area contributed by atoms with Crippen molar-refractivity contribution in [3.05, 3.63) is 35.9 Å². The van der Waals surface area contributed by atoms with Crippen LogP contribution in [0.15, 0.2) is 30.3 Å². The Kier molecular flexibility index (Phi) is 15.0. The van der Waals surface area contributed by atoms with Crippen molar-refractivity contribution in [1.29, 1.82) is 0 Å². The smallest absolute Gasteiger partial charge is 0.548 e. The number of hydrogen-bond acceptors (Lipinski definition) is 7. The Morgan fingerprint density at radius 1 is 0.931 bits per heavy atom. The van der Waals surface area contributed by atoms with Crippen LogP contribution in [-0.4, -0.2) is 41.6 Å². The molecule has 0 bridgehead atoms. The monoisotopic (exact) mass is 390 g/mol. The van der Waals surface area contributed by atoms with Gasteiger partial charge in [0.1, 0.15) is 12.0 Å². The minimum Gasteiger partial charge on any atom is -0.548 e. The summed E-state index contributed by atoms with van der Waals surface area (Å²) in [6.07, 6.45) is -0.559. The largest absolute Gasteiger partial charge is 1.00 e. The van der Waals surface area contributed by atoms with Crippen molar-refractivity contribution in [3.8, 4) is 0 Å². The Morgan fingerprint density at radius 3 is 2.00 bits per heavy atom. The van der Waals surface area contributed by atoms with Crippen LogP contribution in [0.2, 0.25) is 0 Å². The van der Waals surface area contributed by atoms with Crippen LogP contribution in [-0.2, 0) is 30.4 Å². The van der Waals surface area contributed by atoms with E-state index in [9.17, 15) is 34.2 Å². The molecule has 0 saturated carbocycles.